The molecule has 2 fully saturated rings. The van der Waals surface area contributed by atoms with Gasteiger partial charge in [-0.05, 0) is 75.0 Å². The van der Waals surface area contributed by atoms with Crippen LogP contribution in [0.1, 0.15) is 68.5 Å². The lowest BCUT2D eigenvalue weighted by Gasteiger charge is -2.36. The smallest absolute Gasteiger partial charge is 0.248 e. The van der Waals surface area contributed by atoms with E-state index in [9.17, 15) is 14.0 Å². The van der Waals surface area contributed by atoms with Gasteiger partial charge in [-0.25, -0.2) is 4.39 Å². The highest BCUT2D eigenvalue weighted by Crippen LogP contribution is 2.31. The van der Waals surface area contributed by atoms with Crippen LogP contribution in [0.2, 0.25) is 0 Å². The molecule has 1 N–H and O–H groups in total. The summed E-state index contributed by atoms with van der Waals surface area (Å²) in [5.74, 6) is -0.804. The van der Waals surface area contributed by atoms with E-state index in [1.165, 1.54) is 29.9 Å². The standard InChI is InChI=1S/C28H36FN3O2/c1-21-11-6-7-16-25(21)27(28(34)30-23-13-4-2-5-14-23)32(24-15-10-12-22(29)19-24)26(33)20-31-17-8-3-9-18-31/h6-7,10-12,15-16,19,23,27H,2-5,8-9,13-14,17-18,20H2,1H3,(H,30,34). The third-order valence-corrected chi connectivity index (χ3v) is 7.10. The molecule has 182 valence electrons. The minimum atomic E-state index is -0.859. The number of nitrogens with one attached hydrogen (secondary N) is 1. The van der Waals surface area contributed by atoms with Crippen LogP contribution in [0.5, 0.6) is 0 Å². The Morgan fingerprint density at radius 2 is 1.71 bits per heavy atom. The lowest BCUT2D eigenvalue weighted by Crippen LogP contribution is -2.50. The number of hydrogen-bond donors (Lipinski definition) is 1. The van der Waals surface area contributed by atoms with E-state index in [0.717, 1.165) is 62.7 Å². The molecule has 0 spiro atoms. The first-order valence-corrected chi connectivity index (χ1v) is 12.7. The maximum Gasteiger partial charge on any atom is 0.248 e. The van der Waals surface area contributed by atoms with Crippen LogP contribution in [0.3, 0.4) is 0 Å². The number of piperidine rings is 1. The molecule has 34 heavy (non-hydrogen) atoms. The number of carbonyl (C=O) groups is 2. The fourth-order valence-electron chi connectivity index (χ4n) is 5.27. The number of rotatable bonds is 7. The van der Waals surface area contributed by atoms with Gasteiger partial charge < -0.3 is 5.32 Å². The average Bonchev–Trinajstić information content (AvgIpc) is 2.84. The number of carbonyl (C=O) groups excluding carboxylic acids is 2. The first-order valence-electron chi connectivity index (χ1n) is 12.7. The highest BCUT2D eigenvalue weighted by molar-refractivity contribution is 6.02. The molecule has 6 heteroatoms. The van der Waals surface area contributed by atoms with Gasteiger partial charge in [-0.1, -0.05) is 56.0 Å². The van der Waals surface area contributed by atoms with Crippen molar-refractivity contribution in [3.8, 4) is 0 Å². The molecule has 1 saturated carbocycles. The van der Waals surface area contributed by atoms with Gasteiger partial charge in [-0.2, -0.15) is 0 Å². The normalized spacial score (nSPS) is 18.3. The number of nitrogens with zero attached hydrogens (tertiary/aromatic N) is 2. The van der Waals surface area contributed by atoms with Crippen LogP contribution in [0.15, 0.2) is 48.5 Å². The summed E-state index contributed by atoms with van der Waals surface area (Å²) in [5, 5.41) is 3.23. The topological polar surface area (TPSA) is 52.7 Å². The zero-order valence-electron chi connectivity index (χ0n) is 20.1. The van der Waals surface area contributed by atoms with E-state index in [-0.39, 0.29) is 24.4 Å². The fraction of sp³-hybridized carbons (Fsp3) is 0.500. The van der Waals surface area contributed by atoms with Crippen molar-refractivity contribution in [1.82, 2.24) is 10.2 Å². The largest absolute Gasteiger partial charge is 0.351 e. The minimum absolute atomic E-state index is 0.110. The number of amides is 2. The van der Waals surface area contributed by atoms with Crippen molar-refractivity contribution in [2.75, 3.05) is 24.5 Å². The van der Waals surface area contributed by atoms with Crippen LogP contribution < -0.4 is 10.2 Å². The average molecular weight is 466 g/mol. The Balaban J connectivity index is 1.72. The quantitative estimate of drug-likeness (QED) is 0.616. The Morgan fingerprint density at radius 1 is 1.00 bits per heavy atom. The summed E-state index contributed by atoms with van der Waals surface area (Å²) < 4.78 is 14.3. The predicted molar refractivity (Wildman–Crippen MR) is 133 cm³/mol. The molecule has 1 aliphatic heterocycles. The summed E-state index contributed by atoms with van der Waals surface area (Å²) >= 11 is 0. The second-order valence-electron chi connectivity index (χ2n) is 9.68. The number of likely N-dealkylation sites (tertiary alicyclic amines) is 1. The van der Waals surface area contributed by atoms with Crippen molar-refractivity contribution >= 4 is 17.5 Å². The second-order valence-corrected chi connectivity index (χ2v) is 9.68. The Bertz CT molecular complexity index is 983. The van der Waals surface area contributed by atoms with E-state index < -0.39 is 11.9 Å². The van der Waals surface area contributed by atoms with Crippen LogP contribution in [-0.4, -0.2) is 42.4 Å². The molecule has 2 aliphatic rings. The number of hydrogen-bond acceptors (Lipinski definition) is 3. The third kappa shape index (κ3) is 6.03. The highest BCUT2D eigenvalue weighted by atomic mass is 19.1. The number of aryl methyl sites for hydroxylation is 1. The van der Waals surface area contributed by atoms with Crippen LogP contribution in [0, 0.1) is 12.7 Å². The van der Waals surface area contributed by atoms with Crippen molar-refractivity contribution in [3.05, 3.63) is 65.5 Å². The molecule has 1 saturated heterocycles. The van der Waals surface area contributed by atoms with Gasteiger partial charge in [0.15, 0.2) is 0 Å². The summed E-state index contributed by atoms with van der Waals surface area (Å²) in [6.07, 6.45) is 8.60. The van der Waals surface area contributed by atoms with Gasteiger partial charge in [0.05, 0.1) is 6.54 Å². The van der Waals surface area contributed by atoms with E-state index in [1.807, 2.05) is 31.2 Å². The molecule has 4 rings (SSSR count). The first-order chi connectivity index (χ1) is 16.5. The van der Waals surface area contributed by atoms with Crippen LogP contribution in [-0.2, 0) is 9.59 Å². The number of anilines is 1. The van der Waals surface area contributed by atoms with Gasteiger partial charge in [0, 0.05) is 11.7 Å². The molecule has 1 heterocycles. The van der Waals surface area contributed by atoms with E-state index in [4.69, 9.17) is 0 Å². The molecule has 1 unspecified atom stereocenters. The van der Waals surface area contributed by atoms with Gasteiger partial charge in [0.25, 0.3) is 0 Å². The third-order valence-electron chi connectivity index (χ3n) is 7.10. The summed E-state index contributed by atoms with van der Waals surface area (Å²) in [4.78, 5) is 31.3. The second kappa shape index (κ2) is 11.6. The van der Waals surface area contributed by atoms with E-state index >= 15 is 0 Å². The molecular weight excluding hydrogens is 429 g/mol. The summed E-state index contributed by atoms with van der Waals surface area (Å²) in [6, 6.07) is 13.0. The molecule has 1 atom stereocenters. The molecule has 5 nitrogen and oxygen atoms in total. The van der Waals surface area contributed by atoms with Gasteiger partial charge in [0.1, 0.15) is 11.9 Å². The molecule has 0 aromatic heterocycles. The molecule has 0 radical (unpaired) electrons. The Labute approximate surface area is 202 Å². The van der Waals surface area contributed by atoms with Crippen molar-refractivity contribution in [2.45, 2.75) is 70.4 Å². The first kappa shape index (κ1) is 24.4. The maximum atomic E-state index is 14.3. The Kier molecular flexibility index (Phi) is 8.33. The fourth-order valence-corrected chi connectivity index (χ4v) is 5.27. The molecule has 1 aliphatic carbocycles. The maximum absolute atomic E-state index is 14.3. The van der Waals surface area contributed by atoms with Crippen LogP contribution >= 0.6 is 0 Å². The van der Waals surface area contributed by atoms with Crippen molar-refractivity contribution < 1.29 is 14.0 Å². The summed E-state index contributed by atoms with van der Waals surface area (Å²) in [7, 11) is 0. The van der Waals surface area contributed by atoms with Crippen molar-refractivity contribution in [2.24, 2.45) is 0 Å². The molecule has 2 aromatic carbocycles. The van der Waals surface area contributed by atoms with Crippen LogP contribution in [0.4, 0.5) is 10.1 Å². The Hall–Kier alpha value is -2.73. The predicted octanol–water partition coefficient (Wildman–Crippen LogP) is 5.14. The minimum Gasteiger partial charge on any atom is -0.351 e. The van der Waals surface area contributed by atoms with E-state index in [1.54, 1.807) is 12.1 Å². The van der Waals surface area contributed by atoms with Crippen molar-refractivity contribution in [1.29, 1.82) is 0 Å². The molecule has 2 aromatic rings. The molecule has 2 amide bonds. The zero-order valence-corrected chi connectivity index (χ0v) is 20.1. The van der Waals surface area contributed by atoms with Gasteiger partial charge in [-0.15, -0.1) is 0 Å². The SMILES string of the molecule is Cc1ccccc1C(C(=O)NC1CCCCC1)N(C(=O)CN1CCCCC1)c1cccc(F)c1. The van der Waals surface area contributed by atoms with E-state index in [0.29, 0.717) is 5.69 Å². The summed E-state index contributed by atoms with van der Waals surface area (Å²) in [5.41, 5.74) is 2.11. The highest BCUT2D eigenvalue weighted by Gasteiger charge is 2.35. The lowest BCUT2D eigenvalue weighted by molar-refractivity contribution is -0.127. The Morgan fingerprint density at radius 3 is 2.41 bits per heavy atom. The van der Waals surface area contributed by atoms with Gasteiger partial charge >= 0.3 is 0 Å². The van der Waals surface area contributed by atoms with Crippen molar-refractivity contribution in [3.63, 3.8) is 0 Å². The molecular formula is C28H36FN3O2. The van der Waals surface area contributed by atoms with Crippen LogP contribution in [0.25, 0.3) is 0 Å². The molecule has 0 bridgehead atoms. The van der Waals surface area contributed by atoms with E-state index in [2.05, 4.69) is 10.2 Å². The lowest BCUT2D eigenvalue weighted by atomic mass is 9.93. The zero-order chi connectivity index (χ0) is 23.9. The van der Waals surface area contributed by atoms with Gasteiger partial charge in [0.2, 0.25) is 11.8 Å². The van der Waals surface area contributed by atoms with Gasteiger partial charge in [-0.3, -0.25) is 19.4 Å². The summed E-state index contributed by atoms with van der Waals surface area (Å²) in [6.45, 7) is 3.91. The monoisotopic (exact) mass is 465 g/mol. The number of benzene rings is 2. The number of halogens is 1.